The van der Waals surface area contributed by atoms with Crippen LogP contribution in [-0.4, -0.2) is 18.8 Å². The number of nitrogens with two attached hydrogens (primary N) is 1. The zero-order valence-electron chi connectivity index (χ0n) is 11.0. The monoisotopic (exact) mass is 221 g/mol. The van der Waals surface area contributed by atoms with E-state index in [0.29, 0.717) is 0 Å². The van der Waals surface area contributed by atoms with E-state index in [2.05, 4.69) is 32.0 Å². The van der Waals surface area contributed by atoms with Gasteiger partial charge in [-0.1, -0.05) is 18.2 Å². The lowest BCUT2D eigenvalue weighted by Crippen LogP contribution is -2.46. The van der Waals surface area contributed by atoms with Gasteiger partial charge in [0.25, 0.3) is 0 Å². The largest absolute Gasteiger partial charge is 0.377 e. The molecular formula is C14H23NO. The van der Waals surface area contributed by atoms with E-state index >= 15 is 0 Å². The molecule has 0 saturated carbocycles. The van der Waals surface area contributed by atoms with Crippen LogP contribution >= 0.6 is 0 Å². The molecule has 0 bridgehead atoms. The minimum atomic E-state index is -0.279. The maximum atomic E-state index is 6.16. The molecule has 2 N–H and O–H groups in total. The lowest BCUT2D eigenvalue weighted by Gasteiger charge is -2.30. The molecule has 1 aromatic carbocycles. The van der Waals surface area contributed by atoms with Gasteiger partial charge in [-0.2, -0.15) is 0 Å². The molecule has 0 aliphatic carbocycles. The Bertz CT molecular complexity index is 358. The van der Waals surface area contributed by atoms with Crippen LogP contribution in [0.15, 0.2) is 18.2 Å². The Kier molecular flexibility index (Phi) is 4.11. The molecule has 0 spiro atoms. The van der Waals surface area contributed by atoms with Gasteiger partial charge in [-0.15, -0.1) is 0 Å². The van der Waals surface area contributed by atoms with Crippen LogP contribution in [0.3, 0.4) is 0 Å². The fourth-order valence-electron chi connectivity index (χ4n) is 1.58. The molecule has 90 valence electrons. The van der Waals surface area contributed by atoms with E-state index in [-0.39, 0.29) is 11.6 Å². The number of ether oxygens (including phenoxy) is 1. The van der Waals surface area contributed by atoms with Gasteiger partial charge in [-0.25, -0.2) is 0 Å². The maximum Gasteiger partial charge on any atom is 0.0776 e. The Morgan fingerprint density at radius 1 is 1.25 bits per heavy atom. The fourth-order valence-corrected chi connectivity index (χ4v) is 1.58. The van der Waals surface area contributed by atoms with Crippen LogP contribution in [0, 0.1) is 13.8 Å². The van der Waals surface area contributed by atoms with Crippen molar-refractivity contribution in [3.8, 4) is 0 Å². The van der Waals surface area contributed by atoms with Crippen molar-refractivity contribution in [2.45, 2.75) is 45.8 Å². The molecule has 0 aromatic heterocycles. The highest BCUT2D eigenvalue weighted by atomic mass is 16.5. The van der Waals surface area contributed by atoms with Crippen molar-refractivity contribution in [2.24, 2.45) is 5.73 Å². The summed E-state index contributed by atoms with van der Waals surface area (Å²) in [6.07, 6.45) is 0.849. The summed E-state index contributed by atoms with van der Waals surface area (Å²) in [6, 6.07) is 6.52. The third kappa shape index (κ3) is 3.06. The predicted molar refractivity (Wildman–Crippen MR) is 68.7 cm³/mol. The van der Waals surface area contributed by atoms with Crippen LogP contribution in [0.4, 0.5) is 0 Å². The highest BCUT2D eigenvalue weighted by Crippen LogP contribution is 2.18. The Balaban J connectivity index is 2.77. The van der Waals surface area contributed by atoms with Crippen LogP contribution in [0.2, 0.25) is 0 Å². The first-order valence-corrected chi connectivity index (χ1v) is 5.73. The average molecular weight is 221 g/mol. The summed E-state index contributed by atoms with van der Waals surface area (Å²) >= 11 is 0. The summed E-state index contributed by atoms with van der Waals surface area (Å²) < 4.78 is 5.40. The first-order chi connectivity index (χ1) is 7.36. The third-order valence-corrected chi connectivity index (χ3v) is 3.45. The van der Waals surface area contributed by atoms with Crippen molar-refractivity contribution in [3.63, 3.8) is 0 Å². The van der Waals surface area contributed by atoms with E-state index in [1.807, 2.05) is 13.8 Å². The van der Waals surface area contributed by atoms with E-state index in [0.717, 1.165) is 6.42 Å². The molecule has 1 rings (SSSR count). The van der Waals surface area contributed by atoms with Gasteiger partial charge in [-0.05, 0) is 50.8 Å². The molecule has 1 atom stereocenters. The lowest BCUT2D eigenvalue weighted by atomic mass is 9.92. The van der Waals surface area contributed by atoms with Gasteiger partial charge in [0, 0.05) is 13.2 Å². The molecule has 16 heavy (non-hydrogen) atoms. The van der Waals surface area contributed by atoms with Gasteiger partial charge in [0.1, 0.15) is 0 Å². The number of methoxy groups -OCH3 is 1. The molecule has 2 nitrogen and oxygen atoms in total. The second-order valence-corrected chi connectivity index (χ2v) is 5.04. The van der Waals surface area contributed by atoms with Crippen molar-refractivity contribution >= 4 is 0 Å². The minimum Gasteiger partial charge on any atom is -0.377 e. The van der Waals surface area contributed by atoms with Crippen molar-refractivity contribution in [1.82, 2.24) is 0 Å². The SMILES string of the molecule is COC(C)(C)C(N)Cc1ccc(C)c(C)c1. The average Bonchev–Trinajstić information content (AvgIpc) is 2.23. The normalized spacial score (nSPS) is 13.9. The summed E-state index contributed by atoms with van der Waals surface area (Å²) in [5.41, 5.74) is 9.80. The summed E-state index contributed by atoms with van der Waals surface area (Å²) in [6.45, 7) is 8.31. The summed E-state index contributed by atoms with van der Waals surface area (Å²) in [4.78, 5) is 0. The van der Waals surface area contributed by atoms with Crippen LogP contribution < -0.4 is 5.73 Å². The first kappa shape index (κ1) is 13.2. The molecule has 2 heteroatoms. The minimum absolute atomic E-state index is 0.0135. The standard InChI is InChI=1S/C14H23NO/c1-10-6-7-12(8-11(10)2)9-13(15)14(3,4)16-5/h6-8,13H,9,15H2,1-5H3. The Morgan fingerprint density at radius 3 is 2.38 bits per heavy atom. The van der Waals surface area contributed by atoms with Crippen LogP contribution in [0.25, 0.3) is 0 Å². The van der Waals surface area contributed by atoms with Gasteiger partial charge in [0.2, 0.25) is 0 Å². The summed E-state index contributed by atoms with van der Waals surface area (Å²) in [7, 11) is 1.71. The molecule has 0 amide bonds. The van der Waals surface area contributed by atoms with Crippen molar-refractivity contribution < 1.29 is 4.74 Å². The molecule has 0 saturated heterocycles. The van der Waals surface area contributed by atoms with Crippen LogP contribution in [0.1, 0.15) is 30.5 Å². The molecule has 0 radical (unpaired) electrons. The zero-order valence-corrected chi connectivity index (χ0v) is 11.0. The number of hydrogen-bond donors (Lipinski definition) is 1. The number of benzene rings is 1. The third-order valence-electron chi connectivity index (χ3n) is 3.45. The number of hydrogen-bond acceptors (Lipinski definition) is 2. The van der Waals surface area contributed by atoms with Gasteiger partial charge < -0.3 is 10.5 Å². The second kappa shape index (κ2) is 4.98. The Hall–Kier alpha value is -0.860. The van der Waals surface area contributed by atoms with Crippen molar-refractivity contribution in [2.75, 3.05) is 7.11 Å². The van der Waals surface area contributed by atoms with Gasteiger partial charge in [-0.3, -0.25) is 0 Å². The summed E-state index contributed by atoms with van der Waals surface area (Å²) in [5, 5.41) is 0. The van der Waals surface area contributed by atoms with Gasteiger partial charge in [0.05, 0.1) is 5.60 Å². The maximum absolute atomic E-state index is 6.16. The zero-order chi connectivity index (χ0) is 12.3. The van der Waals surface area contributed by atoms with E-state index in [1.165, 1.54) is 16.7 Å². The molecule has 0 heterocycles. The number of rotatable bonds is 4. The van der Waals surface area contributed by atoms with E-state index in [1.54, 1.807) is 7.11 Å². The van der Waals surface area contributed by atoms with E-state index < -0.39 is 0 Å². The van der Waals surface area contributed by atoms with Crippen molar-refractivity contribution in [3.05, 3.63) is 34.9 Å². The summed E-state index contributed by atoms with van der Waals surface area (Å²) in [5.74, 6) is 0. The Morgan fingerprint density at radius 2 is 1.88 bits per heavy atom. The topological polar surface area (TPSA) is 35.2 Å². The van der Waals surface area contributed by atoms with Crippen LogP contribution in [-0.2, 0) is 11.2 Å². The van der Waals surface area contributed by atoms with Gasteiger partial charge in [0.15, 0.2) is 0 Å². The van der Waals surface area contributed by atoms with Crippen molar-refractivity contribution in [1.29, 1.82) is 0 Å². The molecule has 1 unspecified atom stereocenters. The predicted octanol–water partition coefficient (Wildman–Crippen LogP) is 2.60. The Labute approximate surface area is 98.8 Å². The highest BCUT2D eigenvalue weighted by Gasteiger charge is 2.25. The molecule has 1 aromatic rings. The fraction of sp³-hybridized carbons (Fsp3) is 0.571. The highest BCUT2D eigenvalue weighted by molar-refractivity contribution is 5.30. The molecule has 0 aliphatic rings. The first-order valence-electron chi connectivity index (χ1n) is 5.73. The molecule has 0 aliphatic heterocycles. The second-order valence-electron chi connectivity index (χ2n) is 5.04. The quantitative estimate of drug-likeness (QED) is 0.848. The lowest BCUT2D eigenvalue weighted by molar-refractivity contribution is 0.000802. The van der Waals surface area contributed by atoms with Crippen LogP contribution in [0.5, 0.6) is 0 Å². The molecular weight excluding hydrogens is 198 g/mol. The smallest absolute Gasteiger partial charge is 0.0776 e. The van der Waals surface area contributed by atoms with E-state index in [4.69, 9.17) is 10.5 Å². The number of aryl methyl sites for hydroxylation is 2. The molecule has 0 fully saturated rings. The van der Waals surface area contributed by atoms with E-state index in [9.17, 15) is 0 Å². The van der Waals surface area contributed by atoms with Gasteiger partial charge >= 0.3 is 0 Å².